The highest BCUT2D eigenvalue weighted by Crippen LogP contribution is 2.40. The number of rotatable bonds is 8. The standard InChI is InChI=1S/C33H24F3IN8O4S2/c1-42-23-20(25-27(42)40-32(37)51-25)12-38-44(29(23)46)13-17-7-5-9-19(11-17)49-15-21-22-24(43(2)28-26(22)50-31(39-28)33(34,35)36)30(47)45(41-21)14-16-6-4-8-18(10-16)48-3/h4-12H,13-15H2,1-3H3. The van der Waals surface area contributed by atoms with E-state index in [0.717, 1.165) is 29.9 Å². The first kappa shape index (κ1) is 33.3. The summed E-state index contributed by atoms with van der Waals surface area (Å²) in [6.45, 7) is 0.0613. The number of fused-ring (bicyclic) bond motifs is 6. The lowest BCUT2D eigenvalue weighted by Gasteiger charge is -2.13. The summed E-state index contributed by atoms with van der Waals surface area (Å²) in [6.07, 6.45) is -2.98. The highest BCUT2D eigenvalue weighted by Gasteiger charge is 2.36. The molecule has 0 spiro atoms. The second-order valence-corrected chi connectivity index (χ2v) is 15.4. The van der Waals surface area contributed by atoms with Crippen molar-refractivity contribution in [2.45, 2.75) is 25.9 Å². The van der Waals surface area contributed by atoms with Gasteiger partial charge in [-0.1, -0.05) is 24.3 Å². The molecule has 0 bridgehead atoms. The molecule has 0 atom stereocenters. The Labute approximate surface area is 306 Å². The van der Waals surface area contributed by atoms with E-state index in [4.69, 9.17) is 9.47 Å². The molecular formula is C33H24F3IN8O4S2. The van der Waals surface area contributed by atoms with Crippen LogP contribution in [0.15, 0.2) is 64.3 Å². The van der Waals surface area contributed by atoms with Gasteiger partial charge in [0.05, 0.1) is 41.2 Å². The van der Waals surface area contributed by atoms with Crippen molar-refractivity contribution < 1.29 is 22.6 Å². The second-order valence-electron chi connectivity index (χ2n) is 11.7. The van der Waals surface area contributed by atoms with Gasteiger partial charge in [-0.25, -0.2) is 19.3 Å². The number of hydrogen-bond donors (Lipinski definition) is 0. The number of methoxy groups -OCH3 is 1. The summed E-state index contributed by atoms with van der Waals surface area (Å²) in [6, 6.07) is 14.2. The van der Waals surface area contributed by atoms with Crippen molar-refractivity contribution in [1.82, 2.24) is 38.7 Å². The fraction of sp³-hybridized carbons (Fsp3) is 0.212. The lowest BCUT2D eigenvalue weighted by molar-refractivity contribution is -0.137. The summed E-state index contributed by atoms with van der Waals surface area (Å²) in [5.41, 5.74) is 2.40. The van der Waals surface area contributed by atoms with Gasteiger partial charge < -0.3 is 18.6 Å². The SMILES string of the molecule is COc1cccc(Cn2nc(COc3cccc(Cn4ncc5c6sc(I)nc6n(C)c5c4=O)c3)c3c4sc(C(F)(F)F)nc4n(C)c3c2=O)c1. The van der Waals surface area contributed by atoms with Crippen LogP contribution in [0, 0.1) is 3.01 Å². The Bertz CT molecular complexity index is 2800. The van der Waals surface area contributed by atoms with Crippen LogP contribution < -0.4 is 20.6 Å². The number of benzene rings is 2. The number of alkyl halides is 3. The van der Waals surface area contributed by atoms with Crippen LogP contribution in [0.4, 0.5) is 13.2 Å². The molecule has 0 N–H and O–H groups in total. The van der Waals surface area contributed by atoms with Gasteiger partial charge in [-0.05, 0) is 58.0 Å². The molecule has 0 fully saturated rings. The average Bonchev–Trinajstić information content (AvgIpc) is 3.84. The first-order valence-electron chi connectivity index (χ1n) is 15.2. The third-order valence-electron chi connectivity index (χ3n) is 8.51. The van der Waals surface area contributed by atoms with Crippen LogP contribution in [0.1, 0.15) is 21.8 Å². The predicted molar refractivity (Wildman–Crippen MR) is 196 cm³/mol. The van der Waals surface area contributed by atoms with Gasteiger partial charge in [0, 0.05) is 19.5 Å². The summed E-state index contributed by atoms with van der Waals surface area (Å²) in [4.78, 5) is 35.7. The van der Waals surface area contributed by atoms with Gasteiger partial charge >= 0.3 is 6.18 Å². The monoisotopic (exact) mass is 844 g/mol. The zero-order valence-corrected chi connectivity index (χ0v) is 30.6. The van der Waals surface area contributed by atoms with Gasteiger partial charge in [0.2, 0.25) is 5.01 Å². The van der Waals surface area contributed by atoms with Crippen molar-refractivity contribution >= 4 is 87.8 Å². The minimum atomic E-state index is -4.66. The van der Waals surface area contributed by atoms with E-state index in [0.29, 0.717) is 28.4 Å². The van der Waals surface area contributed by atoms with Crippen molar-refractivity contribution in [1.29, 1.82) is 0 Å². The van der Waals surface area contributed by atoms with Crippen molar-refractivity contribution in [3.05, 3.63) is 100 Å². The molecule has 18 heteroatoms. The van der Waals surface area contributed by atoms with E-state index in [9.17, 15) is 22.8 Å². The number of aryl methyl sites for hydroxylation is 2. The third-order valence-corrected chi connectivity index (χ3v) is 11.4. The molecule has 0 saturated carbocycles. The quantitative estimate of drug-likeness (QED) is 0.163. The minimum Gasteiger partial charge on any atom is -0.497 e. The Morgan fingerprint density at radius 1 is 0.843 bits per heavy atom. The second kappa shape index (κ2) is 12.4. The largest absolute Gasteiger partial charge is 0.497 e. The van der Waals surface area contributed by atoms with E-state index < -0.39 is 16.7 Å². The smallest absolute Gasteiger partial charge is 0.443 e. The highest BCUT2D eigenvalue weighted by molar-refractivity contribution is 14.1. The van der Waals surface area contributed by atoms with Crippen LogP contribution in [0.3, 0.4) is 0 Å². The lowest BCUT2D eigenvalue weighted by Crippen LogP contribution is -2.27. The maximum Gasteiger partial charge on any atom is 0.443 e. The Balaban J connectivity index is 1.15. The predicted octanol–water partition coefficient (Wildman–Crippen LogP) is 6.31. The number of hydrogen-bond acceptors (Lipinski definition) is 10. The Morgan fingerprint density at radius 3 is 2.22 bits per heavy atom. The molecule has 260 valence electrons. The Morgan fingerprint density at radius 2 is 1.49 bits per heavy atom. The average molecular weight is 845 g/mol. The molecule has 8 rings (SSSR count). The fourth-order valence-electron chi connectivity index (χ4n) is 6.17. The van der Waals surface area contributed by atoms with Gasteiger partial charge in [0.1, 0.15) is 34.8 Å². The number of thiazole rings is 2. The zero-order valence-electron chi connectivity index (χ0n) is 26.9. The van der Waals surface area contributed by atoms with Gasteiger partial charge in [-0.15, -0.1) is 22.7 Å². The lowest BCUT2D eigenvalue weighted by atomic mass is 10.2. The van der Waals surface area contributed by atoms with Crippen molar-refractivity contribution in [2.75, 3.05) is 7.11 Å². The van der Waals surface area contributed by atoms with Crippen LogP contribution in [0.2, 0.25) is 0 Å². The summed E-state index contributed by atoms with van der Waals surface area (Å²) >= 11 is 4.12. The maximum absolute atomic E-state index is 13.8. The fourth-order valence-corrected chi connectivity index (χ4v) is 8.93. The molecule has 6 aromatic heterocycles. The van der Waals surface area contributed by atoms with E-state index in [1.54, 1.807) is 47.2 Å². The maximum atomic E-state index is 13.8. The Kier molecular flexibility index (Phi) is 8.13. The van der Waals surface area contributed by atoms with Gasteiger partial charge in [-0.2, -0.15) is 23.4 Å². The number of aromatic nitrogens is 8. The number of nitrogens with zero attached hydrogens (tertiary/aromatic N) is 8. The molecule has 0 saturated heterocycles. The molecule has 0 aliphatic heterocycles. The zero-order chi connectivity index (χ0) is 35.8. The first-order chi connectivity index (χ1) is 24.4. The van der Waals surface area contributed by atoms with Gasteiger partial charge in [0.15, 0.2) is 14.3 Å². The molecule has 0 unspecified atom stereocenters. The van der Waals surface area contributed by atoms with Crippen molar-refractivity contribution in [3.63, 3.8) is 0 Å². The van der Waals surface area contributed by atoms with Crippen LogP contribution in [-0.4, -0.2) is 45.8 Å². The van der Waals surface area contributed by atoms with Crippen LogP contribution >= 0.6 is 45.3 Å². The van der Waals surface area contributed by atoms with Crippen molar-refractivity contribution in [2.24, 2.45) is 14.1 Å². The van der Waals surface area contributed by atoms with Crippen LogP contribution in [0.25, 0.3) is 42.5 Å². The number of ether oxygens (including phenoxy) is 2. The van der Waals surface area contributed by atoms with E-state index in [-0.39, 0.29) is 52.2 Å². The molecule has 12 nitrogen and oxygen atoms in total. The molecule has 0 aliphatic carbocycles. The molecule has 0 radical (unpaired) electrons. The number of halogens is 4. The first-order valence-corrected chi connectivity index (χ1v) is 17.9. The summed E-state index contributed by atoms with van der Waals surface area (Å²) in [7, 11) is 4.86. The summed E-state index contributed by atoms with van der Waals surface area (Å²) in [5.74, 6) is 1.02. The molecule has 6 heterocycles. The van der Waals surface area contributed by atoms with Crippen LogP contribution in [-0.2, 0) is 40.0 Å². The highest BCUT2D eigenvalue weighted by atomic mass is 127. The van der Waals surface area contributed by atoms with E-state index in [1.807, 2.05) is 19.2 Å². The normalized spacial score (nSPS) is 12.2. The van der Waals surface area contributed by atoms with Crippen LogP contribution in [0.5, 0.6) is 11.5 Å². The third kappa shape index (κ3) is 5.74. The van der Waals surface area contributed by atoms with Crippen molar-refractivity contribution in [3.8, 4) is 11.5 Å². The van der Waals surface area contributed by atoms with E-state index >= 15 is 0 Å². The molecule has 0 aliphatic rings. The van der Waals surface area contributed by atoms with Gasteiger partial charge in [-0.3, -0.25) is 9.59 Å². The molecule has 8 aromatic rings. The van der Waals surface area contributed by atoms with E-state index in [2.05, 4.69) is 42.8 Å². The minimum absolute atomic E-state index is 0.0297. The van der Waals surface area contributed by atoms with E-state index in [1.165, 1.54) is 39.4 Å². The Hall–Kier alpha value is -4.82. The molecule has 0 amide bonds. The molecular weight excluding hydrogens is 820 g/mol. The summed E-state index contributed by atoms with van der Waals surface area (Å²) in [5, 5.41) is 9.03. The molecule has 2 aromatic carbocycles. The molecule has 51 heavy (non-hydrogen) atoms. The van der Waals surface area contributed by atoms with Gasteiger partial charge in [0.25, 0.3) is 11.1 Å². The summed E-state index contributed by atoms with van der Waals surface area (Å²) < 4.78 is 60.4. The topological polar surface area (TPSA) is 124 Å².